The van der Waals surface area contributed by atoms with E-state index in [-0.39, 0.29) is 18.6 Å². The average Bonchev–Trinajstić information content (AvgIpc) is 2.34. The molecule has 1 rings (SSSR count). The summed E-state index contributed by atoms with van der Waals surface area (Å²) in [5.74, 6) is 0.895. The van der Waals surface area contributed by atoms with Gasteiger partial charge in [0.25, 0.3) is 5.91 Å². The first-order valence-electron chi connectivity index (χ1n) is 5.79. The zero-order valence-electron chi connectivity index (χ0n) is 10.3. The van der Waals surface area contributed by atoms with Gasteiger partial charge in [-0.05, 0) is 18.1 Å². The van der Waals surface area contributed by atoms with E-state index in [4.69, 9.17) is 10.5 Å². The van der Waals surface area contributed by atoms with Crippen LogP contribution in [0.2, 0.25) is 0 Å². The van der Waals surface area contributed by atoms with Crippen LogP contribution in [-0.4, -0.2) is 25.1 Å². The van der Waals surface area contributed by atoms with E-state index in [2.05, 4.69) is 5.32 Å². The molecular weight excluding hydrogens is 216 g/mol. The molecule has 4 heteroatoms. The van der Waals surface area contributed by atoms with E-state index in [1.165, 1.54) is 0 Å². The van der Waals surface area contributed by atoms with E-state index in [1.54, 1.807) is 0 Å². The van der Waals surface area contributed by atoms with E-state index in [0.29, 0.717) is 18.2 Å². The fraction of sp³-hybridized carbons (Fsp3) is 0.462. The number of hydrogen-bond acceptors (Lipinski definition) is 3. The van der Waals surface area contributed by atoms with Crippen LogP contribution >= 0.6 is 0 Å². The van der Waals surface area contributed by atoms with Crippen molar-refractivity contribution in [2.24, 2.45) is 11.7 Å². The minimum absolute atomic E-state index is 0.0179. The third-order valence-electron chi connectivity index (χ3n) is 2.50. The minimum Gasteiger partial charge on any atom is -0.484 e. The Bertz CT molecular complexity index is 339. The van der Waals surface area contributed by atoms with Gasteiger partial charge in [0.1, 0.15) is 5.75 Å². The molecule has 0 aliphatic heterocycles. The lowest BCUT2D eigenvalue weighted by atomic mass is 10.1. The average molecular weight is 236 g/mol. The molecule has 17 heavy (non-hydrogen) atoms. The largest absolute Gasteiger partial charge is 0.484 e. The zero-order valence-corrected chi connectivity index (χ0v) is 10.3. The third kappa shape index (κ3) is 5.36. The van der Waals surface area contributed by atoms with Gasteiger partial charge in [0, 0.05) is 12.6 Å². The predicted octanol–water partition coefficient (Wildman–Crippen LogP) is 1.16. The van der Waals surface area contributed by atoms with E-state index in [0.717, 1.165) is 0 Å². The Morgan fingerprint density at radius 3 is 2.59 bits per heavy atom. The molecule has 0 fully saturated rings. The summed E-state index contributed by atoms with van der Waals surface area (Å²) in [4.78, 5) is 11.5. The fourth-order valence-corrected chi connectivity index (χ4v) is 1.18. The lowest BCUT2D eigenvalue weighted by Crippen LogP contribution is -2.41. The molecule has 94 valence electrons. The van der Waals surface area contributed by atoms with Crippen molar-refractivity contribution in [3.8, 4) is 5.75 Å². The normalized spacial score (nSPS) is 12.2. The third-order valence-corrected chi connectivity index (χ3v) is 2.50. The van der Waals surface area contributed by atoms with Crippen LogP contribution < -0.4 is 15.8 Å². The molecule has 3 N–H and O–H groups in total. The summed E-state index contributed by atoms with van der Waals surface area (Å²) in [5.41, 5.74) is 5.82. The first-order valence-corrected chi connectivity index (χ1v) is 5.79. The quantitative estimate of drug-likeness (QED) is 0.779. The maximum absolute atomic E-state index is 11.5. The second-order valence-corrected chi connectivity index (χ2v) is 4.31. The van der Waals surface area contributed by atoms with Crippen LogP contribution in [0.15, 0.2) is 30.3 Å². The van der Waals surface area contributed by atoms with Crippen molar-refractivity contribution >= 4 is 5.91 Å². The van der Waals surface area contributed by atoms with Crippen molar-refractivity contribution in [1.29, 1.82) is 0 Å². The first kappa shape index (κ1) is 13.5. The Hall–Kier alpha value is -1.55. The molecule has 0 radical (unpaired) electrons. The summed E-state index contributed by atoms with van der Waals surface area (Å²) >= 11 is 0. The number of amides is 1. The molecule has 1 atom stereocenters. The molecule has 1 aromatic carbocycles. The lowest BCUT2D eigenvalue weighted by Gasteiger charge is -2.16. The summed E-state index contributed by atoms with van der Waals surface area (Å²) in [6.45, 7) is 4.55. The number of nitrogens with one attached hydrogen (secondary N) is 1. The van der Waals surface area contributed by atoms with Crippen molar-refractivity contribution in [2.75, 3.05) is 13.2 Å². The van der Waals surface area contributed by atoms with Crippen LogP contribution in [0.25, 0.3) is 0 Å². The number of carbonyl (C=O) groups is 1. The topological polar surface area (TPSA) is 64.3 Å². The standard InChI is InChI=1S/C13H20N2O2/c1-10(2)12(14)8-15-13(16)9-17-11-6-4-3-5-7-11/h3-7,10,12H,8-9,14H2,1-2H3,(H,15,16). The van der Waals surface area contributed by atoms with Crippen molar-refractivity contribution in [1.82, 2.24) is 5.32 Å². The van der Waals surface area contributed by atoms with Gasteiger partial charge in [-0.2, -0.15) is 0 Å². The highest BCUT2D eigenvalue weighted by atomic mass is 16.5. The highest BCUT2D eigenvalue weighted by Gasteiger charge is 2.09. The van der Waals surface area contributed by atoms with Crippen molar-refractivity contribution in [3.05, 3.63) is 30.3 Å². The number of rotatable bonds is 6. The van der Waals surface area contributed by atoms with E-state index in [1.807, 2.05) is 44.2 Å². The van der Waals surface area contributed by atoms with E-state index >= 15 is 0 Å². The Balaban J connectivity index is 2.22. The predicted molar refractivity (Wildman–Crippen MR) is 67.8 cm³/mol. The molecule has 0 spiro atoms. The maximum atomic E-state index is 11.5. The van der Waals surface area contributed by atoms with Gasteiger partial charge >= 0.3 is 0 Å². The molecular formula is C13H20N2O2. The molecule has 0 aliphatic carbocycles. The number of hydrogen-bond donors (Lipinski definition) is 2. The summed E-state index contributed by atoms with van der Waals surface area (Å²) < 4.78 is 5.31. The van der Waals surface area contributed by atoms with Crippen molar-refractivity contribution in [2.45, 2.75) is 19.9 Å². The molecule has 1 aromatic rings. The molecule has 0 saturated carbocycles. The van der Waals surface area contributed by atoms with E-state index in [9.17, 15) is 4.79 Å². The van der Waals surface area contributed by atoms with Crippen molar-refractivity contribution < 1.29 is 9.53 Å². The Morgan fingerprint density at radius 1 is 1.35 bits per heavy atom. The molecule has 1 amide bonds. The molecule has 1 unspecified atom stereocenters. The summed E-state index contributed by atoms with van der Waals surface area (Å²) in [6.07, 6.45) is 0. The molecule has 0 bridgehead atoms. The lowest BCUT2D eigenvalue weighted by molar-refractivity contribution is -0.123. The number of ether oxygens (including phenoxy) is 1. The van der Waals surface area contributed by atoms with Gasteiger partial charge in [0.15, 0.2) is 6.61 Å². The number of para-hydroxylation sites is 1. The van der Waals surface area contributed by atoms with Gasteiger partial charge in [-0.15, -0.1) is 0 Å². The summed E-state index contributed by atoms with van der Waals surface area (Å²) in [6, 6.07) is 9.23. The van der Waals surface area contributed by atoms with Crippen LogP contribution in [0.4, 0.5) is 0 Å². The second-order valence-electron chi connectivity index (χ2n) is 4.31. The molecule has 0 heterocycles. The van der Waals surface area contributed by atoms with Gasteiger partial charge in [-0.25, -0.2) is 0 Å². The van der Waals surface area contributed by atoms with Crippen LogP contribution in [-0.2, 0) is 4.79 Å². The number of benzene rings is 1. The summed E-state index contributed by atoms with van der Waals surface area (Å²) in [5, 5.41) is 2.75. The van der Waals surface area contributed by atoms with Crippen molar-refractivity contribution in [3.63, 3.8) is 0 Å². The van der Waals surface area contributed by atoms with Gasteiger partial charge in [-0.1, -0.05) is 32.0 Å². The highest BCUT2D eigenvalue weighted by molar-refractivity contribution is 5.77. The van der Waals surface area contributed by atoms with Crippen LogP contribution in [0.1, 0.15) is 13.8 Å². The Labute approximate surface area is 102 Å². The van der Waals surface area contributed by atoms with Gasteiger partial charge in [-0.3, -0.25) is 4.79 Å². The summed E-state index contributed by atoms with van der Waals surface area (Å²) in [7, 11) is 0. The zero-order chi connectivity index (χ0) is 12.7. The monoisotopic (exact) mass is 236 g/mol. The van der Waals surface area contributed by atoms with Gasteiger partial charge in [0.2, 0.25) is 0 Å². The molecule has 4 nitrogen and oxygen atoms in total. The first-order chi connectivity index (χ1) is 8.09. The molecule has 0 aliphatic rings. The number of carbonyl (C=O) groups excluding carboxylic acids is 1. The SMILES string of the molecule is CC(C)C(N)CNC(=O)COc1ccccc1. The maximum Gasteiger partial charge on any atom is 0.257 e. The second kappa shape index (κ2) is 6.91. The molecule has 0 saturated heterocycles. The smallest absolute Gasteiger partial charge is 0.257 e. The highest BCUT2D eigenvalue weighted by Crippen LogP contribution is 2.07. The Morgan fingerprint density at radius 2 is 2.00 bits per heavy atom. The van der Waals surface area contributed by atoms with Crippen LogP contribution in [0, 0.1) is 5.92 Å². The Kier molecular flexibility index (Phi) is 5.49. The molecule has 0 aromatic heterocycles. The van der Waals surface area contributed by atoms with Crippen LogP contribution in [0.5, 0.6) is 5.75 Å². The van der Waals surface area contributed by atoms with Gasteiger partial charge < -0.3 is 15.8 Å². The van der Waals surface area contributed by atoms with E-state index < -0.39 is 0 Å². The van der Waals surface area contributed by atoms with Gasteiger partial charge in [0.05, 0.1) is 0 Å². The fourth-order valence-electron chi connectivity index (χ4n) is 1.18. The minimum atomic E-state index is -0.148. The van der Waals surface area contributed by atoms with Crippen LogP contribution in [0.3, 0.4) is 0 Å². The number of nitrogens with two attached hydrogens (primary N) is 1.